The van der Waals surface area contributed by atoms with Crippen LogP contribution in [0.4, 0.5) is 5.69 Å². The van der Waals surface area contributed by atoms with Crippen molar-refractivity contribution >= 4 is 23.3 Å². The Morgan fingerprint density at radius 3 is 2.87 bits per heavy atom. The summed E-state index contributed by atoms with van der Waals surface area (Å²) in [5.41, 5.74) is 2.97. The maximum atomic E-state index is 12.7. The third-order valence-electron chi connectivity index (χ3n) is 4.49. The van der Waals surface area contributed by atoms with E-state index >= 15 is 0 Å². The third-order valence-corrected chi connectivity index (χ3v) is 4.49. The van der Waals surface area contributed by atoms with Gasteiger partial charge in [-0.1, -0.05) is 18.2 Å². The number of nitrogens with zero attached hydrogens (tertiary/aromatic N) is 1. The molecule has 2 aliphatic rings. The Bertz CT molecular complexity index is 708. The summed E-state index contributed by atoms with van der Waals surface area (Å²) < 4.78 is 0. The highest BCUT2D eigenvalue weighted by atomic mass is 16.2. The van der Waals surface area contributed by atoms with Gasteiger partial charge in [-0.2, -0.15) is 0 Å². The lowest BCUT2D eigenvalue weighted by Crippen LogP contribution is -2.40. The first-order chi connectivity index (χ1) is 11.0. The van der Waals surface area contributed by atoms with Crippen LogP contribution in [0.5, 0.6) is 0 Å². The second-order valence-electron chi connectivity index (χ2n) is 6.25. The van der Waals surface area contributed by atoms with Crippen molar-refractivity contribution in [2.24, 2.45) is 0 Å². The Labute approximate surface area is 135 Å². The minimum atomic E-state index is -0.390. The molecule has 1 heterocycles. The number of anilines is 1. The van der Waals surface area contributed by atoms with Crippen molar-refractivity contribution in [3.05, 3.63) is 41.5 Å². The van der Waals surface area contributed by atoms with Crippen LogP contribution >= 0.6 is 0 Å². The lowest BCUT2D eigenvalue weighted by molar-refractivity contribution is -0.122. The molecule has 1 fully saturated rings. The second-order valence-corrected chi connectivity index (χ2v) is 6.25. The van der Waals surface area contributed by atoms with E-state index in [-0.39, 0.29) is 23.6 Å². The Hall–Kier alpha value is -2.43. The Kier molecular flexibility index (Phi) is 4.03. The number of carbonyl (C=O) groups excluding carboxylic acids is 3. The van der Waals surface area contributed by atoms with Gasteiger partial charge >= 0.3 is 0 Å². The van der Waals surface area contributed by atoms with Crippen molar-refractivity contribution in [1.29, 1.82) is 0 Å². The zero-order chi connectivity index (χ0) is 16.6. The van der Waals surface area contributed by atoms with Gasteiger partial charge in [-0.25, -0.2) is 0 Å². The zero-order valence-corrected chi connectivity index (χ0v) is 13.2. The molecule has 0 bridgehead atoms. The van der Waals surface area contributed by atoms with E-state index in [0.29, 0.717) is 30.6 Å². The fourth-order valence-electron chi connectivity index (χ4n) is 3.40. The fraction of sp³-hybridized carbons (Fsp3) is 0.389. The molecule has 1 aromatic carbocycles. The molecule has 0 spiro atoms. The summed E-state index contributed by atoms with van der Waals surface area (Å²) in [6.45, 7) is 5.73. The van der Waals surface area contributed by atoms with Crippen LogP contribution < -0.4 is 5.32 Å². The van der Waals surface area contributed by atoms with Gasteiger partial charge in [-0.3, -0.25) is 14.4 Å². The normalized spacial score (nSPS) is 21.2. The van der Waals surface area contributed by atoms with E-state index in [4.69, 9.17) is 0 Å². The van der Waals surface area contributed by atoms with Crippen molar-refractivity contribution in [3.8, 4) is 0 Å². The fourth-order valence-corrected chi connectivity index (χ4v) is 3.40. The summed E-state index contributed by atoms with van der Waals surface area (Å²) in [6, 6.07) is 4.90. The largest absolute Gasteiger partial charge is 0.326 e. The summed E-state index contributed by atoms with van der Waals surface area (Å²) in [6.07, 6.45) is 2.73. The van der Waals surface area contributed by atoms with Crippen LogP contribution in [0.15, 0.2) is 30.4 Å². The van der Waals surface area contributed by atoms with Crippen LogP contribution in [-0.4, -0.2) is 28.5 Å². The smallest absolute Gasteiger partial charge is 0.255 e. The van der Waals surface area contributed by atoms with Gasteiger partial charge < -0.3 is 10.2 Å². The summed E-state index contributed by atoms with van der Waals surface area (Å²) >= 11 is 0. The average molecular weight is 312 g/mol. The molecule has 0 aromatic heterocycles. The maximum absolute atomic E-state index is 12.7. The van der Waals surface area contributed by atoms with Gasteiger partial charge in [0.1, 0.15) is 0 Å². The first-order valence-corrected chi connectivity index (χ1v) is 7.87. The second kappa shape index (κ2) is 5.99. The molecule has 23 heavy (non-hydrogen) atoms. The number of fused-ring (bicyclic) bond motifs is 1. The molecule has 1 aliphatic carbocycles. The van der Waals surface area contributed by atoms with E-state index < -0.39 is 0 Å². The molecule has 5 nitrogen and oxygen atoms in total. The van der Waals surface area contributed by atoms with Gasteiger partial charge in [0.15, 0.2) is 5.78 Å². The number of carbonyl (C=O) groups is 3. The monoisotopic (exact) mass is 312 g/mol. The molecule has 1 N–H and O–H groups in total. The summed E-state index contributed by atoms with van der Waals surface area (Å²) in [5, 5.41) is 2.76. The predicted molar refractivity (Wildman–Crippen MR) is 87.0 cm³/mol. The molecule has 1 atom stereocenters. The van der Waals surface area contributed by atoms with E-state index in [1.54, 1.807) is 23.1 Å². The van der Waals surface area contributed by atoms with Crippen molar-refractivity contribution in [2.75, 3.05) is 5.32 Å². The SMILES string of the molecule is C=C1CCC[C@H](N2Cc3c(NC(C)=O)cccc3C2=O)C(=O)C1. The molecular formula is C18H20N2O3. The predicted octanol–water partition coefficient (Wildman–Crippen LogP) is 2.67. The highest BCUT2D eigenvalue weighted by Crippen LogP contribution is 2.33. The number of allylic oxidation sites excluding steroid dienone is 1. The summed E-state index contributed by atoms with van der Waals surface area (Å²) in [4.78, 5) is 38.1. The average Bonchev–Trinajstić information content (AvgIpc) is 2.71. The van der Waals surface area contributed by atoms with Crippen LogP contribution in [0.25, 0.3) is 0 Å². The number of amides is 2. The first kappa shape index (κ1) is 15.5. The highest BCUT2D eigenvalue weighted by molar-refractivity contribution is 6.04. The Balaban J connectivity index is 1.89. The summed E-state index contributed by atoms with van der Waals surface area (Å²) in [5.74, 6) is -0.237. The topological polar surface area (TPSA) is 66.5 Å². The number of hydrogen-bond acceptors (Lipinski definition) is 3. The van der Waals surface area contributed by atoms with Crippen molar-refractivity contribution in [1.82, 2.24) is 4.90 Å². The molecule has 1 saturated carbocycles. The van der Waals surface area contributed by atoms with E-state index in [0.717, 1.165) is 24.0 Å². The highest BCUT2D eigenvalue weighted by Gasteiger charge is 2.37. The quantitative estimate of drug-likeness (QED) is 0.674. The number of Topliss-reactive ketones (excluding diaryl/α,β-unsaturated/α-hetero) is 1. The van der Waals surface area contributed by atoms with Crippen molar-refractivity contribution in [2.45, 2.75) is 45.2 Å². The molecule has 1 aromatic rings. The minimum absolute atomic E-state index is 0.0646. The van der Waals surface area contributed by atoms with E-state index in [1.165, 1.54) is 6.92 Å². The van der Waals surface area contributed by atoms with Crippen molar-refractivity contribution < 1.29 is 14.4 Å². The molecular weight excluding hydrogens is 292 g/mol. The van der Waals surface area contributed by atoms with Crippen molar-refractivity contribution in [3.63, 3.8) is 0 Å². The Morgan fingerprint density at radius 1 is 1.35 bits per heavy atom. The third kappa shape index (κ3) is 2.91. The van der Waals surface area contributed by atoms with Crippen LogP contribution in [0.1, 0.15) is 48.5 Å². The van der Waals surface area contributed by atoms with Gasteiger partial charge in [-0.05, 0) is 31.4 Å². The molecule has 0 radical (unpaired) electrons. The Morgan fingerprint density at radius 2 is 2.13 bits per heavy atom. The van der Waals surface area contributed by atoms with Crippen LogP contribution in [0, 0.1) is 0 Å². The number of ketones is 1. The lowest BCUT2D eigenvalue weighted by atomic mass is 10.1. The van der Waals surface area contributed by atoms with E-state index in [1.807, 2.05) is 0 Å². The number of hydrogen-bond donors (Lipinski definition) is 1. The van der Waals surface area contributed by atoms with Gasteiger partial charge in [0, 0.05) is 36.7 Å². The molecule has 0 saturated heterocycles. The zero-order valence-electron chi connectivity index (χ0n) is 13.2. The maximum Gasteiger partial charge on any atom is 0.255 e. The van der Waals surface area contributed by atoms with Crippen LogP contribution in [0.3, 0.4) is 0 Å². The first-order valence-electron chi connectivity index (χ1n) is 7.87. The van der Waals surface area contributed by atoms with Gasteiger partial charge in [0.05, 0.1) is 6.04 Å². The minimum Gasteiger partial charge on any atom is -0.326 e. The molecule has 120 valence electrons. The standard InChI is InChI=1S/C18H20N2O3/c1-11-5-3-8-16(17(22)9-11)20-10-14-13(18(20)23)6-4-7-15(14)19-12(2)21/h4,6-7,16H,1,3,5,8-10H2,2H3,(H,19,21)/t16-/m0/s1. The van der Waals surface area contributed by atoms with Crippen LogP contribution in [0.2, 0.25) is 0 Å². The summed E-state index contributed by atoms with van der Waals surface area (Å²) in [7, 11) is 0. The van der Waals surface area contributed by atoms with E-state index in [9.17, 15) is 14.4 Å². The lowest BCUT2D eigenvalue weighted by Gasteiger charge is -2.25. The van der Waals surface area contributed by atoms with Gasteiger partial charge in [0.25, 0.3) is 5.91 Å². The molecule has 5 heteroatoms. The van der Waals surface area contributed by atoms with Gasteiger partial charge in [0.2, 0.25) is 5.91 Å². The van der Waals surface area contributed by atoms with E-state index in [2.05, 4.69) is 11.9 Å². The molecule has 2 amide bonds. The number of nitrogens with one attached hydrogen (secondary N) is 1. The van der Waals surface area contributed by atoms with Gasteiger partial charge in [-0.15, -0.1) is 0 Å². The van der Waals surface area contributed by atoms with Crippen LogP contribution in [-0.2, 0) is 16.1 Å². The molecule has 0 unspecified atom stereocenters. The number of rotatable bonds is 2. The number of benzene rings is 1. The molecule has 3 rings (SSSR count). The molecule has 1 aliphatic heterocycles.